The van der Waals surface area contributed by atoms with Crippen molar-refractivity contribution in [1.82, 2.24) is 0 Å². The summed E-state index contributed by atoms with van der Waals surface area (Å²) in [6.07, 6.45) is -6.73. The van der Waals surface area contributed by atoms with Crippen molar-refractivity contribution < 1.29 is 29.9 Å². The summed E-state index contributed by atoms with van der Waals surface area (Å²) in [6, 6.07) is 13.1. The molecule has 3 rings (SSSR count). The maximum atomic E-state index is 10.1. The summed E-state index contributed by atoms with van der Waals surface area (Å²) in [6.45, 7) is 1.48. The number of rotatable bonds is 4. The van der Waals surface area contributed by atoms with Gasteiger partial charge < -0.3 is 29.9 Å². The molecule has 26 heavy (non-hydrogen) atoms. The number of aryl methyl sites for hydroxylation is 1. The number of hydrogen-bond donors (Lipinski definition) is 4. The van der Waals surface area contributed by atoms with Gasteiger partial charge in [0.2, 0.25) is 6.29 Å². The van der Waals surface area contributed by atoms with E-state index in [9.17, 15) is 20.4 Å². The van der Waals surface area contributed by atoms with Crippen molar-refractivity contribution >= 4 is 11.6 Å². The maximum absolute atomic E-state index is 10.1. The molecule has 1 aliphatic heterocycles. The summed E-state index contributed by atoms with van der Waals surface area (Å²) < 4.78 is 10.9. The van der Waals surface area contributed by atoms with Crippen LogP contribution in [-0.2, 0) is 4.74 Å². The van der Waals surface area contributed by atoms with Gasteiger partial charge in [-0.3, -0.25) is 0 Å². The topological polar surface area (TPSA) is 99.4 Å². The molecule has 2 aromatic carbocycles. The smallest absolute Gasteiger partial charge is 0.229 e. The lowest BCUT2D eigenvalue weighted by Crippen LogP contribution is -2.60. The first-order valence-corrected chi connectivity index (χ1v) is 8.62. The molecule has 7 heteroatoms. The van der Waals surface area contributed by atoms with Crippen LogP contribution in [0.3, 0.4) is 0 Å². The van der Waals surface area contributed by atoms with Gasteiger partial charge in [0.1, 0.15) is 30.2 Å². The van der Waals surface area contributed by atoms with Gasteiger partial charge in [-0.1, -0.05) is 47.5 Å². The molecular weight excluding hydrogens is 360 g/mol. The lowest BCUT2D eigenvalue weighted by molar-refractivity contribution is -0.277. The second-order valence-corrected chi connectivity index (χ2v) is 6.74. The first kappa shape index (κ1) is 19.1. The van der Waals surface area contributed by atoms with Crippen LogP contribution >= 0.6 is 11.6 Å². The van der Waals surface area contributed by atoms with Gasteiger partial charge in [0.15, 0.2) is 0 Å². The fraction of sp³-hybridized carbons (Fsp3) is 0.368. The van der Waals surface area contributed by atoms with Gasteiger partial charge in [-0.15, -0.1) is 0 Å². The Morgan fingerprint density at radius 2 is 1.73 bits per heavy atom. The number of aliphatic hydroxyl groups excluding tert-OH is 4. The van der Waals surface area contributed by atoms with Crippen molar-refractivity contribution in [3.63, 3.8) is 0 Å². The van der Waals surface area contributed by atoms with Crippen molar-refractivity contribution in [2.75, 3.05) is 6.61 Å². The highest BCUT2D eigenvalue weighted by molar-refractivity contribution is 6.32. The first-order chi connectivity index (χ1) is 12.4. The van der Waals surface area contributed by atoms with E-state index in [1.165, 1.54) is 0 Å². The molecule has 0 aliphatic carbocycles. The van der Waals surface area contributed by atoms with Gasteiger partial charge in [-0.25, -0.2) is 0 Å². The normalized spacial score (nSPS) is 28.8. The predicted molar refractivity (Wildman–Crippen MR) is 96.0 cm³/mol. The summed E-state index contributed by atoms with van der Waals surface area (Å²) in [7, 11) is 0. The van der Waals surface area contributed by atoms with E-state index in [4.69, 9.17) is 21.1 Å². The van der Waals surface area contributed by atoms with Crippen LogP contribution < -0.4 is 4.74 Å². The van der Waals surface area contributed by atoms with E-state index < -0.39 is 37.3 Å². The second-order valence-electron chi connectivity index (χ2n) is 6.33. The summed E-state index contributed by atoms with van der Waals surface area (Å²) in [5, 5.41) is 39.2. The monoisotopic (exact) mass is 380 g/mol. The Morgan fingerprint density at radius 1 is 1.00 bits per heavy atom. The molecule has 2 aromatic rings. The van der Waals surface area contributed by atoms with E-state index in [0.717, 1.165) is 16.7 Å². The van der Waals surface area contributed by atoms with Gasteiger partial charge in [0, 0.05) is 0 Å². The summed E-state index contributed by atoms with van der Waals surface area (Å²) in [4.78, 5) is 0. The van der Waals surface area contributed by atoms with E-state index in [2.05, 4.69) is 0 Å². The van der Waals surface area contributed by atoms with Crippen LogP contribution in [0.4, 0.5) is 0 Å². The molecule has 0 amide bonds. The molecule has 1 fully saturated rings. The average molecular weight is 381 g/mol. The Balaban J connectivity index is 1.80. The molecular formula is C19H21ClO6. The van der Waals surface area contributed by atoms with E-state index in [1.807, 2.05) is 37.3 Å². The van der Waals surface area contributed by atoms with Gasteiger partial charge in [0.25, 0.3) is 0 Å². The maximum Gasteiger partial charge on any atom is 0.229 e. The average Bonchev–Trinajstić information content (AvgIpc) is 2.63. The van der Waals surface area contributed by atoms with Crippen LogP contribution in [0.2, 0.25) is 5.02 Å². The standard InChI is InChI=1S/C19H21ClO6/c1-10-3-2-4-11(7-10)12-5-6-14(13(20)8-12)25-19-18(24)17(23)16(22)15(9-21)26-19/h2-8,15-19,21-24H,9H2,1H3/t15-,16-,17+,18+,19+/m1/s1. The largest absolute Gasteiger partial charge is 0.460 e. The third kappa shape index (κ3) is 3.86. The summed E-state index contributed by atoms with van der Waals surface area (Å²) in [5.41, 5.74) is 3.03. The highest BCUT2D eigenvalue weighted by Crippen LogP contribution is 2.33. The first-order valence-electron chi connectivity index (χ1n) is 8.24. The highest BCUT2D eigenvalue weighted by atomic mass is 35.5. The van der Waals surface area contributed by atoms with Crippen molar-refractivity contribution in [3.8, 4) is 16.9 Å². The summed E-state index contributed by atoms with van der Waals surface area (Å²) in [5.74, 6) is 0.257. The second kappa shape index (κ2) is 7.92. The lowest BCUT2D eigenvalue weighted by atomic mass is 9.99. The fourth-order valence-electron chi connectivity index (χ4n) is 2.89. The molecule has 0 spiro atoms. The Morgan fingerprint density at radius 3 is 2.38 bits per heavy atom. The van der Waals surface area contributed by atoms with E-state index in [1.54, 1.807) is 12.1 Å². The molecule has 0 bridgehead atoms. The Hall–Kier alpha value is -1.67. The third-order valence-corrected chi connectivity index (χ3v) is 4.67. The van der Waals surface area contributed by atoms with Crippen LogP contribution in [0.15, 0.2) is 42.5 Å². The molecule has 1 heterocycles. The molecule has 6 nitrogen and oxygen atoms in total. The van der Waals surface area contributed by atoms with Crippen LogP contribution in [0.25, 0.3) is 11.1 Å². The Kier molecular flexibility index (Phi) is 5.82. The quantitative estimate of drug-likeness (QED) is 0.641. The number of benzene rings is 2. The zero-order valence-corrected chi connectivity index (χ0v) is 14.9. The SMILES string of the molecule is Cc1cccc(-c2ccc(O[C@H]3O[C@H](CO)[C@@H](O)[C@H](O)[C@@H]3O)c(Cl)c2)c1. The molecule has 5 atom stereocenters. The Bertz CT molecular complexity index is 765. The number of ether oxygens (including phenoxy) is 2. The molecule has 0 aromatic heterocycles. The predicted octanol–water partition coefficient (Wildman–Crippen LogP) is 1.49. The molecule has 0 saturated carbocycles. The van der Waals surface area contributed by atoms with Crippen molar-refractivity contribution in [3.05, 3.63) is 53.1 Å². The van der Waals surface area contributed by atoms with Crippen molar-refractivity contribution in [1.29, 1.82) is 0 Å². The minimum absolute atomic E-state index is 0.257. The molecule has 0 unspecified atom stereocenters. The molecule has 1 aliphatic rings. The number of hydrogen-bond acceptors (Lipinski definition) is 6. The van der Waals surface area contributed by atoms with Gasteiger partial charge in [-0.05, 0) is 30.2 Å². The van der Waals surface area contributed by atoms with Crippen LogP contribution in [0.5, 0.6) is 5.75 Å². The minimum atomic E-state index is -1.50. The van der Waals surface area contributed by atoms with E-state index in [-0.39, 0.29) is 5.75 Å². The van der Waals surface area contributed by atoms with Crippen molar-refractivity contribution in [2.45, 2.75) is 37.6 Å². The molecule has 140 valence electrons. The molecule has 4 N–H and O–H groups in total. The molecule has 0 radical (unpaired) electrons. The van der Waals surface area contributed by atoms with E-state index in [0.29, 0.717) is 5.02 Å². The zero-order chi connectivity index (χ0) is 18.8. The van der Waals surface area contributed by atoms with Gasteiger partial charge >= 0.3 is 0 Å². The minimum Gasteiger partial charge on any atom is -0.460 e. The fourth-order valence-corrected chi connectivity index (χ4v) is 3.12. The van der Waals surface area contributed by atoms with Gasteiger partial charge in [0.05, 0.1) is 11.6 Å². The van der Waals surface area contributed by atoms with Crippen LogP contribution in [0.1, 0.15) is 5.56 Å². The number of aliphatic hydroxyl groups is 4. The lowest BCUT2D eigenvalue weighted by Gasteiger charge is -2.39. The summed E-state index contributed by atoms with van der Waals surface area (Å²) >= 11 is 6.30. The zero-order valence-electron chi connectivity index (χ0n) is 14.1. The molecule has 1 saturated heterocycles. The third-order valence-electron chi connectivity index (χ3n) is 4.37. The highest BCUT2D eigenvalue weighted by Gasteiger charge is 2.44. The number of halogens is 1. The van der Waals surface area contributed by atoms with Crippen molar-refractivity contribution in [2.24, 2.45) is 0 Å². The van der Waals surface area contributed by atoms with Crippen LogP contribution in [-0.4, -0.2) is 57.7 Å². The van der Waals surface area contributed by atoms with Gasteiger partial charge in [-0.2, -0.15) is 0 Å². The van der Waals surface area contributed by atoms with E-state index >= 15 is 0 Å². The Labute approximate surface area is 156 Å². The van der Waals surface area contributed by atoms with Crippen LogP contribution in [0, 0.1) is 6.92 Å².